The lowest BCUT2D eigenvalue weighted by Gasteiger charge is -1.95. The van der Waals surface area contributed by atoms with Gasteiger partial charge in [-0.3, -0.25) is 9.89 Å². The Kier molecular flexibility index (Phi) is 2.25. The summed E-state index contributed by atoms with van der Waals surface area (Å²) in [6, 6.07) is 8.34. The van der Waals surface area contributed by atoms with Gasteiger partial charge in [-0.2, -0.15) is 5.10 Å². The monoisotopic (exact) mass is 202 g/mol. The number of carbonyl (C=O) groups excluding carboxylic acids is 1. The number of Topliss-reactive ketones (excluding diaryl/α,β-unsaturated/α-hetero) is 1. The number of phenols is 1. The van der Waals surface area contributed by atoms with E-state index in [1.165, 1.54) is 6.92 Å². The molecule has 0 aliphatic heterocycles. The minimum Gasteiger partial charge on any atom is -0.508 e. The zero-order valence-electron chi connectivity index (χ0n) is 8.19. The minimum absolute atomic E-state index is 0.0486. The molecule has 0 unspecified atom stereocenters. The molecule has 76 valence electrons. The van der Waals surface area contributed by atoms with Crippen LogP contribution in [0.15, 0.2) is 30.3 Å². The Morgan fingerprint density at radius 3 is 2.53 bits per heavy atom. The predicted molar refractivity (Wildman–Crippen MR) is 55.7 cm³/mol. The van der Waals surface area contributed by atoms with Crippen molar-refractivity contribution in [2.75, 3.05) is 0 Å². The summed E-state index contributed by atoms with van der Waals surface area (Å²) in [5, 5.41) is 15.8. The maximum atomic E-state index is 11.0. The van der Waals surface area contributed by atoms with Crippen LogP contribution >= 0.6 is 0 Å². The number of nitrogens with zero attached hydrogens (tertiary/aromatic N) is 1. The topological polar surface area (TPSA) is 66.0 Å². The number of rotatable bonds is 2. The summed E-state index contributed by atoms with van der Waals surface area (Å²) in [6.07, 6.45) is 0. The summed E-state index contributed by atoms with van der Waals surface area (Å²) < 4.78 is 0. The Balaban J connectivity index is 2.37. The normalized spacial score (nSPS) is 10.2. The lowest BCUT2D eigenvalue weighted by molar-refractivity contribution is 0.101. The van der Waals surface area contributed by atoms with Crippen molar-refractivity contribution in [2.45, 2.75) is 6.92 Å². The number of benzene rings is 1. The molecular weight excluding hydrogens is 192 g/mol. The van der Waals surface area contributed by atoms with Crippen molar-refractivity contribution in [3.63, 3.8) is 0 Å². The number of ketones is 1. The van der Waals surface area contributed by atoms with Crippen molar-refractivity contribution in [2.24, 2.45) is 0 Å². The van der Waals surface area contributed by atoms with Crippen LogP contribution in [0.4, 0.5) is 0 Å². The highest BCUT2D eigenvalue weighted by molar-refractivity contribution is 5.93. The molecule has 0 saturated carbocycles. The summed E-state index contributed by atoms with van der Waals surface area (Å²) in [5.74, 6) is 0.161. The molecule has 4 heteroatoms. The quantitative estimate of drug-likeness (QED) is 0.732. The van der Waals surface area contributed by atoms with Crippen molar-refractivity contribution < 1.29 is 9.90 Å². The van der Waals surface area contributed by atoms with Gasteiger partial charge < -0.3 is 5.11 Å². The number of H-pyrrole nitrogens is 1. The van der Waals surface area contributed by atoms with E-state index in [4.69, 9.17) is 5.11 Å². The van der Waals surface area contributed by atoms with Crippen LogP contribution in [0.25, 0.3) is 11.3 Å². The summed E-state index contributed by atoms with van der Waals surface area (Å²) >= 11 is 0. The molecule has 0 radical (unpaired) electrons. The third-order valence-electron chi connectivity index (χ3n) is 2.12. The fourth-order valence-electron chi connectivity index (χ4n) is 1.28. The molecule has 0 bridgehead atoms. The van der Waals surface area contributed by atoms with Crippen LogP contribution in [0, 0.1) is 0 Å². The Bertz CT molecular complexity index is 486. The SMILES string of the molecule is CC(=O)c1cc(-c2ccc(O)cc2)n[nH]1. The maximum absolute atomic E-state index is 11.0. The van der Waals surface area contributed by atoms with Gasteiger partial charge in [-0.25, -0.2) is 0 Å². The molecule has 0 aliphatic rings. The number of carbonyl (C=O) groups is 1. The van der Waals surface area contributed by atoms with Crippen LogP contribution in [0.5, 0.6) is 5.75 Å². The third kappa shape index (κ3) is 1.88. The van der Waals surface area contributed by atoms with Gasteiger partial charge in [0.25, 0.3) is 0 Å². The highest BCUT2D eigenvalue weighted by Gasteiger charge is 2.06. The molecule has 2 N–H and O–H groups in total. The number of phenolic OH excluding ortho intramolecular Hbond substituents is 1. The van der Waals surface area contributed by atoms with E-state index in [2.05, 4.69) is 10.2 Å². The van der Waals surface area contributed by atoms with E-state index >= 15 is 0 Å². The van der Waals surface area contributed by atoms with Gasteiger partial charge in [-0.15, -0.1) is 0 Å². The van der Waals surface area contributed by atoms with Gasteiger partial charge in [0.2, 0.25) is 0 Å². The van der Waals surface area contributed by atoms with Gasteiger partial charge in [0.1, 0.15) is 11.4 Å². The zero-order valence-corrected chi connectivity index (χ0v) is 8.19. The first kappa shape index (κ1) is 9.45. The summed E-state index contributed by atoms with van der Waals surface area (Å²) in [7, 11) is 0. The van der Waals surface area contributed by atoms with Crippen LogP contribution in [-0.2, 0) is 0 Å². The highest BCUT2D eigenvalue weighted by Crippen LogP contribution is 2.20. The molecule has 1 heterocycles. The molecule has 1 aromatic carbocycles. The smallest absolute Gasteiger partial charge is 0.177 e. The molecular formula is C11H10N2O2. The Hall–Kier alpha value is -2.10. The second-order valence-electron chi connectivity index (χ2n) is 3.27. The Morgan fingerprint density at radius 2 is 2.00 bits per heavy atom. The van der Waals surface area contributed by atoms with Crippen molar-refractivity contribution in [3.05, 3.63) is 36.0 Å². The molecule has 0 amide bonds. The molecule has 0 spiro atoms. The standard InChI is InChI=1S/C11H10N2O2/c1-7(14)10-6-11(13-12-10)8-2-4-9(15)5-3-8/h2-6,15H,1H3,(H,12,13). The first-order chi connectivity index (χ1) is 7.16. The average Bonchev–Trinajstić information content (AvgIpc) is 2.68. The zero-order chi connectivity index (χ0) is 10.8. The number of aromatic amines is 1. The number of hydrogen-bond acceptors (Lipinski definition) is 3. The largest absolute Gasteiger partial charge is 0.508 e. The summed E-state index contributed by atoms with van der Waals surface area (Å²) in [6.45, 7) is 1.48. The van der Waals surface area contributed by atoms with Crippen LogP contribution in [0.1, 0.15) is 17.4 Å². The predicted octanol–water partition coefficient (Wildman–Crippen LogP) is 1.98. The van der Waals surface area contributed by atoms with E-state index in [9.17, 15) is 4.79 Å². The second-order valence-corrected chi connectivity index (χ2v) is 3.27. The fraction of sp³-hybridized carbons (Fsp3) is 0.0909. The fourth-order valence-corrected chi connectivity index (χ4v) is 1.28. The lowest BCUT2D eigenvalue weighted by Crippen LogP contribution is -1.90. The molecule has 0 fully saturated rings. The first-order valence-electron chi connectivity index (χ1n) is 4.52. The van der Waals surface area contributed by atoms with Crippen LogP contribution in [0.2, 0.25) is 0 Å². The van der Waals surface area contributed by atoms with Gasteiger partial charge in [0, 0.05) is 12.5 Å². The van der Waals surface area contributed by atoms with Crippen LogP contribution < -0.4 is 0 Å². The van der Waals surface area contributed by atoms with Crippen molar-refractivity contribution in [1.29, 1.82) is 0 Å². The Morgan fingerprint density at radius 1 is 1.33 bits per heavy atom. The van der Waals surface area contributed by atoms with E-state index in [0.29, 0.717) is 11.4 Å². The molecule has 4 nitrogen and oxygen atoms in total. The molecule has 0 atom stereocenters. The first-order valence-corrected chi connectivity index (χ1v) is 4.52. The number of aromatic nitrogens is 2. The molecule has 2 aromatic rings. The highest BCUT2D eigenvalue weighted by atomic mass is 16.3. The Labute approximate surface area is 86.6 Å². The van der Waals surface area contributed by atoms with E-state index in [1.807, 2.05) is 0 Å². The van der Waals surface area contributed by atoms with Gasteiger partial charge in [-0.1, -0.05) is 0 Å². The van der Waals surface area contributed by atoms with Gasteiger partial charge >= 0.3 is 0 Å². The number of aromatic hydroxyl groups is 1. The van der Waals surface area contributed by atoms with Gasteiger partial charge in [0.15, 0.2) is 5.78 Å². The molecule has 0 aliphatic carbocycles. The van der Waals surface area contributed by atoms with Gasteiger partial charge in [0.05, 0.1) is 5.69 Å². The van der Waals surface area contributed by atoms with E-state index in [-0.39, 0.29) is 11.5 Å². The van der Waals surface area contributed by atoms with E-state index < -0.39 is 0 Å². The average molecular weight is 202 g/mol. The van der Waals surface area contributed by atoms with Gasteiger partial charge in [-0.05, 0) is 30.3 Å². The summed E-state index contributed by atoms with van der Waals surface area (Å²) in [4.78, 5) is 11.0. The molecule has 0 saturated heterocycles. The molecule has 1 aromatic heterocycles. The van der Waals surface area contributed by atoms with Crippen molar-refractivity contribution >= 4 is 5.78 Å². The maximum Gasteiger partial charge on any atom is 0.177 e. The number of hydrogen-bond donors (Lipinski definition) is 2. The van der Waals surface area contributed by atoms with E-state index in [0.717, 1.165) is 5.56 Å². The molecule has 2 rings (SSSR count). The number of nitrogens with one attached hydrogen (secondary N) is 1. The third-order valence-corrected chi connectivity index (χ3v) is 2.12. The molecule has 15 heavy (non-hydrogen) atoms. The van der Waals surface area contributed by atoms with E-state index in [1.54, 1.807) is 30.3 Å². The van der Waals surface area contributed by atoms with Crippen molar-refractivity contribution in [3.8, 4) is 17.0 Å². The summed E-state index contributed by atoms with van der Waals surface area (Å²) in [5.41, 5.74) is 2.04. The minimum atomic E-state index is -0.0486. The second kappa shape index (κ2) is 3.57. The van der Waals surface area contributed by atoms with Crippen molar-refractivity contribution in [1.82, 2.24) is 10.2 Å². The van der Waals surface area contributed by atoms with Crippen LogP contribution in [0.3, 0.4) is 0 Å². The van der Waals surface area contributed by atoms with Crippen LogP contribution in [-0.4, -0.2) is 21.1 Å². The lowest BCUT2D eigenvalue weighted by atomic mass is 10.1.